The molecule has 0 aromatic heterocycles. The molecule has 1 aliphatic rings. The molecule has 0 aliphatic carbocycles. The van der Waals surface area contributed by atoms with Gasteiger partial charge in [0.1, 0.15) is 0 Å². The molecule has 1 heterocycles. The number of rotatable bonds is 5. The van der Waals surface area contributed by atoms with Crippen molar-refractivity contribution >= 4 is 29.1 Å². The van der Waals surface area contributed by atoms with Crippen LogP contribution in [0.3, 0.4) is 0 Å². The molecule has 3 rings (SSSR count). The van der Waals surface area contributed by atoms with E-state index in [-0.39, 0.29) is 24.2 Å². The third kappa shape index (κ3) is 4.06. The van der Waals surface area contributed by atoms with Gasteiger partial charge in [0.15, 0.2) is 0 Å². The highest BCUT2D eigenvalue weighted by Gasteiger charge is 2.34. The first-order valence-corrected chi connectivity index (χ1v) is 8.14. The number of halogens is 1. The number of anilines is 1. The zero-order valence-corrected chi connectivity index (χ0v) is 13.8. The van der Waals surface area contributed by atoms with Crippen LogP contribution in [0.4, 0.5) is 5.69 Å². The standard InChI is InChI=1S/C18H18ClN3O2/c19-15-8-6-13(7-9-15)11-20-18(24)14-10-17(23)22(12-14)21-16-4-2-1-3-5-16/h1-9,14,21H,10-12H2,(H,20,24)/t14-/m0/s1. The van der Waals surface area contributed by atoms with Crippen molar-refractivity contribution in [2.75, 3.05) is 12.0 Å². The van der Waals surface area contributed by atoms with Gasteiger partial charge in [-0.3, -0.25) is 20.0 Å². The summed E-state index contributed by atoms with van der Waals surface area (Å²) in [5.41, 5.74) is 4.84. The summed E-state index contributed by atoms with van der Waals surface area (Å²) in [5.74, 6) is -0.540. The maximum Gasteiger partial charge on any atom is 0.241 e. The lowest BCUT2D eigenvalue weighted by molar-refractivity contribution is -0.128. The number of hydrazine groups is 1. The van der Waals surface area contributed by atoms with Gasteiger partial charge in [0, 0.05) is 18.0 Å². The summed E-state index contributed by atoms with van der Waals surface area (Å²) in [6, 6.07) is 16.7. The van der Waals surface area contributed by atoms with Gasteiger partial charge in [-0.1, -0.05) is 41.9 Å². The first-order valence-electron chi connectivity index (χ1n) is 7.76. The Morgan fingerprint density at radius 2 is 1.83 bits per heavy atom. The predicted molar refractivity (Wildman–Crippen MR) is 93.2 cm³/mol. The Morgan fingerprint density at radius 1 is 1.12 bits per heavy atom. The zero-order chi connectivity index (χ0) is 16.9. The van der Waals surface area contributed by atoms with Crippen molar-refractivity contribution < 1.29 is 9.59 Å². The molecule has 6 heteroatoms. The van der Waals surface area contributed by atoms with E-state index >= 15 is 0 Å². The number of carbonyl (C=O) groups is 2. The molecule has 1 fully saturated rings. The Kier molecular flexibility index (Phi) is 5.01. The normalized spacial score (nSPS) is 17.0. The third-order valence-corrected chi connectivity index (χ3v) is 4.17. The van der Waals surface area contributed by atoms with Gasteiger partial charge in [-0.15, -0.1) is 0 Å². The second-order valence-corrected chi connectivity index (χ2v) is 6.16. The lowest BCUT2D eigenvalue weighted by Gasteiger charge is -2.19. The highest BCUT2D eigenvalue weighted by Crippen LogP contribution is 2.19. The SMILES string of the molecule is O=C(NCc1ccc(Cl)cc1)[C@H]1CC(=O)N(Nc2ccccc2)C1. The number of hydrogen-bond donors (Lipinski definition) is 2. The van der Waals surface area contributed by atoms with Crippen LogP contribution in [0, 0.1) is 5.92 Å². The largest absolute Gasteiger partial charge is 0.352 e. The topological polar surface area (TPSA) is 61.4 Å². The van der Waals surface area contributed by atoms with Gasteiger partial charge in [0.05, 0.1) is 18.2 Å². The molecule has 2 aromatic carbocycles. The van der Waals surface area contributed by atoms with E-state index in [2.05, 4.69) is 10.7 Å². The van der Waals surface area contributed by atoms with E-state index in [1.807, 2.05) is 42.5 Å². The van der Waals surface area contributed by atoms with Crippen molar-refractivity contribution in [3.63, 3.8) is 0 Å². The Bertz CT molecular complexity index is 719. The number of amides is 2. The Hall–Kier alpha value is -2.53. The number of para-hydroxylation sites is 1. The summed E-state index contributed by atoms with van der Waals surface area (Å²) >= 11 is 5.84. The van der Waals surface area contributed by atoms with Crippen molar-refractivity contribution in [2.24, 2.45) is 5.92 Å². The van der Waals surface area contributed by atoms with Crippen LogP contribution >= 0.6 is 11.6 Å². The van der Waals surface area contributed by atoms with Gasteiger partial charge < -0.3 is 5.32 Å². The van der Waals surface area contributed by atoms with Crippen LogP contribution in [0.25, 0.3) is 0 Å². The minimum Gasteiger partial charge on any atom is -0.352 e. The molecule has 0 saturated carbocycles. The van der Waals surface area contributed by atoms with E-state index in [0.717, 1.165) is 11.3 Å². The smallest absolute Gasteiger partial charge is 0.241 e. The first-order chi connectivity index (χ1) is 11.6. The molecule has 24 heavy (non-hydrogen) atoms. The van der Waals surface area contributed by atoms with Crippen LogP contribution in [0.1, 0.15) is 12.0 Å². The van der Waals surface area contributed by atoms with Crippen LogP contribution in [0.5, 0.6) is 0 Å². The van der Waals surface area contributed by atoms with Crippen LogP contribution in [0.2, 0.25) is 5.02 Å². The number of carbonyl (C=O) groups excluding carboxylic acids is 2. The van der Waals surface area contributed by atoms with E-state index in [0.29, 0.717) is 18.1 Å². The molecule has 1 saturated heterocycles. The average molecular weight is 344 g/mol. The molecule has 0 radical (unpaired) electrons. The second kappa shape index (κ2) is 7.36. The molecular weight excluding hydrogens is 326 g/mol. The van der Waals surface area contributed by atoms with Gasteiger partial charge in [0.2, 0.25) is 11.8 Å². The van der Waals surface area contributed by atoms with Gasteiger partial charge in [-0.25, -0.2) is 0 Å². The minimum atomic E-state index is -0.346. The molecule has 2 aromatic rings. The molecule has 0 spiro atoms. The highest BCUT2D eigenvalue weighted by atomic mass is 35.5. The van der Waals surface area contributed by atoms with Crippen LogP contribution < -0.4 is 10.7 Å². The van der Waals surface area contributed by atoms with E-state index in [1.54, 1.807) is 12.1 Å². The number of nitrogens with zero attached hydrogens (tertiary/aromatic N) is 1. The van der Waals surface area contributed by atoms with Crippen molar-refractivity contribution in [3.8, 4) is 0 Å². The fourth-order valence-corrected chi connectivity index (χ4v) is 2.72. The summed E-state index contributed by atoms with van der Waals surface area (Å²) in [6.07, 6.45) is 0.215. The molecule has 1 atom stereocenters. The van der Waals surface area contributed by atoms with Crippen molar-refractivity contribution in [1.29, 1.82) is 0 Å². The minimum absolute atomic E-state index is 0.0782. The van der Waals surface area contributed by atoms with Crippen LogP contribution in [-0.2, 0) is 16.1 Å². The molecule has 1 aliphatic heterocycles. The summed E-state index contributed by atoms with van der Waals surface area (Å²) in [7, 11) is 0. The van der Waals surface area contributed by atoms with Gasteiger partial charge in [0.25, 0.3) is 0 Å². The van der Waals surface area contributed by atoms with Gasteiger partial charge in [-0.2, -0.15) is 0 Å². The predicted octanol–water partition coefficient (Wildman–Crippen LogP) is 2.83. The zero-order valence-electron chi connectivity index (χ0n) is 13.0. The quantitative estimate of drug-likeness (QED) is 0.877. The highest BCUT2D eigenvalue weighted by molar-refractivity contribution is 6.30. The van der Waals surface area contributed by atoms with E-state index in [1.165, 1.54) is 5.01 Å². The molecule has 0 bridgehead atoms. The maximum atomic E-state index is 12.3. The Labute approximate surface area is 145 Å². The second-order valence-electron chi connectivity index (χ2n) is 5.73. The van der Waals surface area contributed by atoms with Crippen molar-refractivity contribution in [3.05, 3.63) is 65.2 Å². The molecule has 0 unspecified atom stereocenters. The van der Waals surface area contributed by atoms with E-state index in [9.17, 15) is 9.59 Å². The molecule has 124 valence electrons. The molecule has 2 N–H and O–H groups in total. The monoisotopic (exact) mass is 343 g/mol. The lowest BCUT2D eigenvalue weighted by Crippen LogP contribution is -2.34. The number of benzene rings is 2. The van der Waals surface area contributed by atoms with Gasteiger partial charge in [-0.05, 0) is 29.8 Å². The fourth-order valence-electron chi connectivity index (χ4n) is 2.60. The van der Waals surface area contributed by atoms with E-state index in [4.69, 9.17) is 11.6 Å². The molecule has 5 nitrogen and oxygen atoms in total. The summed E-state index contributed by atoms with van der Waals surface area (Å²) in [5, 5.41) is 5.04. The van der Waals surface area contributed by atoms with Crippen molar-refractivity contribution in [1.82, 2.24) is 10.3 Å². The molecule has 2 amide bonds. The Balaban J connectivity index is 1.53. The summed E-state index contributed by atoms with van der Waals surface area (Å²) in [4.78, 5) is 24.4. The van der Waals surface area contributed by atoms with Crippen molar-refractivity contribution in [2.45, 2.75) is 13.0 Å². The summed E-state index contributed by atoms with van der Waals surface area (Å²) in [6.45, 7) is 0.785. The maximum absolute atomic E-state index is 12.3. The number of hydrogen-bond acceptors (Lipinski definition) is 3. The van der Waals surface area contributed by atoms with Crippen LogP contribution in [-0.4, -0.2) is 23.4 Å². The van der Waals surface area contributed by atoms with Crippen LogP contribution in [0.15, 0.2) is 54.6 Å². The van der Waals surface area contributed by atoms with Gasteiger partial charge >= 0.3 is 0 Å². The lowest BCUT2D eigenvalue weighted by atomic mass is 10.1. The van der Waals surface area contributed by atoms with E-state index < -0.39 is 0 Å². The average Bonchev–Trinajstić information content (AvgIpc) is 2.96. The Morgan fingerprint density at radius 3 is 2.54 bits per heavy atom. The third-order valence-electron chi connectivity index (χ3n) is 3.91. The first kappa shape index (κ1) is 16.3. The summed E-state index contributed by atoms with van der Waals surface area (Å²) < 4.78 is 0. The fraction of sp³-hybridized carbons (Fsp3) is 0.222. The molecular formula is C18H18ClN3O2. The number of nitrogens with one attached hydrogen (secondary N) is 2.